The number of anilines is 5. The maximum atomic E-state index is 3.71. The summed E-state index contributed by atoms with van der Waals surface area (Å²) in [6, 6.07) is 113. The molecule has 0 bridgehead atoms. The first kappa shape index (κ1) is 64.1. The van der Waals surface area contributed by atoms with Crippen molar-refractivity contribution in [3.05, 3.63) is 350 Å². The second kappa shape index (κ2) is 28.1. The Kier molecular flexibility index (Phi) is 19.4. The van der Waals surface area contributed by atoms with E-state index in [4.69, 9.17) is 0 Å². The van der Waals surface area contributed by atoms with Crippen LogP contribution in [0.2, 0.25) is 0 Å². The minimum Gasteiger partial charge on any atom is -0.356 e. The first-order valence-corrected chi connectivity index (χ1v) is 40.0. The highest BCUT2D eigenvalue weighted by molar-refractivity contribution is 15.0. The van der Waals surface area contributed by atoms with E-state index in [-0.39, 0.29) is 10.8 Å². The van der Waals surface area contributed by atoms with E-state index < -0.39 is 0 Å². The van der Waals surface area contributed by atoms with Crippen LogP contribution in [-0.4, -0.2) is 0 Å². The summed E-state index contributed by atoms with van der Waals surface area (Å²) in [4.78, 5) is 2.39. The highest BCUT2D eigenvalue weighted by atomic mass is 128. The number of halogens is 5. The summed E-state index contributed by atoms with van der Waals surface area (Å²) in [5.74, 6) is 0. The van der Waals surface area contributed by atoms with Crippen LogP contribution in [0.3, 0.4) is 0 Å². The van der Waals surface area contributed by atoms with E-state index in [0.29, 0.717) is 0 Å². The van der Waals surface area contributed by atoms with Gasteiger partial charge in [0, 0.05) is 89.0 Å². The van der Waals surface area contributed by atoms with E-state index >= 15 is 0 Å². The Balaban J connectivity index is 0.000000139. The molecule has 2 nitrogen and oxygen atoms in total. The predicted molar refractivity (Wildman–Crippen MR) is 432 cm³/mol. The number of hydrogen-bond acceptors (Lipinski definition) is 2. The molecule has 0 saturated heterocycles. The smallest absolute Gasteiger partial charge is 0.0465 e. The summed E-state index contributed by atoms with van der Waals surface area (Å²) in [5.41, 5.74) is 26.4. The Morgan fingerprint density at radius 2 is 0.624 bits per heavy atom. The molecule has 1 N–H and O–H groups in total. The third-order valence-corrected chi connectivity index (χ3v) is 19.9. The second-order valence-electron chi connectivity index (χ2n) is 24.5. The van der Waals surface area contributed by atoms with Crippen molar-refractivity contribution in [2.45, 2.75) is 38.5 Å². The van der Waals surface area contributed by atoms with Gasteiger partial charge in [0.25, 0.3) is 0 Å². The van der Waals surface area contributed by atoms with Crippen molar-refractivity contribution in [1.29, 1.82) is 0 Å². The van der Waals surface area contributed by atoms with Crippen LogP contribution < -0.4 is 10.2 Å². The Labute approximate surface area is 600 Å². The molecule has 93 heavy (non-hydrogen) atoms. The number of rotatable bonds is 9. The van der Waals surface area contributed by atoms with Crippen LogP contribution in [0, 0.1) is 3.57 Å². The van der Waals surface area contributed by atoms with Gasteiger partial charge in [-0.15, -0.1) is 0 Å². The Morgan fingerprint density at radius 1 is 0.290 bits per heavy atom. The van der Waals surface area contributed by atoms with E-state index in [2.05, 4.69) is 439 Å². The van der Waals surface area contributed by atoms with Gasteiger partial charge in [-0.05, 0) is 230 Å². The Morgan fingerprint density at radius 3 is 1.09 bits per heavy atom. The molecule has 0 amide bonds. The molecule has 0 spiro atoms. The van der Waals surface area contributed by atoms with Gasteiger partial charge in [-0.3, -0.25) is 0 Å². The third-order valence-electron chi connectivity index (χ3n) is 18.2. The van der Waals surface area contributed by atoms with Crippen LogP contribution in [0.1, 0.15) is 49.9 Å². The lowest BCUT2D eigenvalue weighted by Gasteiger charge is -2.28. The molecule has 0 fully saturated rings. The number of benzene rings is 14. The van der Waals surface area contributed by atoms with Crippen molar-refractivity contribution in [3.63, 3.8) is 0 Å². The fourth-order valence-corrected chi connectivity index (χ4v) is 14.6. The third kappa shape index (κ3) is 13.4. The molecular formula is C86H65Br2I3N2. The molecule has 2 aliphatic rings. The molecule has 454 valence electrons. The van der Waals surface area contributed by atoms with Crippen molar-refractivity contribution in [3.8, 4) is 66.8 Å². The first-order chi connectivity index (χ1) is 45.3. The maximum absolute atomic E-state index is 3.71. The lowest BCUT2D eigenvalue weighted by atomic mass is 9.82. The topological polar surface area (TPSA) is 15.3 Å². The van der Waals surface area contributed by atoms with Crippen LogP contribution in [-0.2, 0) is 10.8 Å². The Bertz CT molecular complexity index is 4910. The molecule has 0 unspecified atom stereocenters. The summed E-state index contributed by atoms with van der Waals surface area (Å²) in [5, 5.41) is 8.58. The van der Waals surface area contributed by atoms with Crippen LogP contribution in [0.25, 0.3) is 88.3 Å². The molecule has 16 rings (SSSR count). The SMILES string of the molecule is CC1(C)c2cc(Br)ccc2-c2ccc(I)cc21.CC1(C)c2cc(Br)ccc2-c2ccc(N(c3ccc(-c4ccccc4)cc3)c3ccc(-c4cccc5ccccc45)cc3)cc21.II.c1ccc(-c2ccc(Nc3ccc(-c4cccc5ccccc45)cc3)cc2)cc1. The fraction of sp³-hybridized carbons (Fsp3) is 0.0698. The number of hydrogen-bond donors (Lipinski definition) is 1. The molecule has 0 aliphatic heterocycles. The molecule has 0 atom stereocenters. The molecule has 0 aromatic heterocycles. The summed E-state index contributed by atoms with van der Waals surface area (Å²) in [6.45, 7) is 9.29. The second-order valence-corrected chi connectivity index (χ2v) is 27.6. The number of nitrogens with one attached hydrogen (secondary N) is 1. The minimum absolute atomic E-state index is 0.106. The average molecular weight is 1670 g/mol. The zero-order valence-corrected chi connectivity index (χ0v) is 61.5. The Hall–Kier alpha value is -7.65. The monoisotopic (exact) mass is 1660 g/mol. The van der Waals surface area contributed by atoms with E-state index in [1.807, 2.05) is 6.07 Å². The van der Waals surface area contributed by atoms with Gasteiger partial charge < -0.3 is 10.2 Å². The molecule has 14 aromatic carbocycles. The van der Waals surface area contributed by atoms with Crippen molar-refractivity contribution in [2.75, 3.05) is 10.2 Å². The van der Waals surface area contributed by atoms with E-state index in [0.717, 1.165) is 37.4 Å². The quantitative estimate of drug-likeness (QED) is 0.145. The van der Waals surface area contributed by atoms with Gasteiger partial charge in [-0.2, -0.15) is 0 Å². The highest BCUT2D eigenvalue weighted by Crippen LogP contribution is 2.52. The van der Waals surface area contributed by atoms with E-state index in [1.54, 1.807) is 0 Å². The predicted octanol–water partition coefficient (Wildman–Crippen LogP) is 27.8. The van der Waals surface area contributed by atoms with Gasteiger partial charge in [0.1, 0.15) is 0 Å². The summed E-state index contributed by atoms with van der Waals surface area (Å²) in [6.07, 6.45) is 0. The van der Waals surface area contributed by atoms with Crippen molar-refractivity contribution in [2.24, 2.45) is 0 Å². The average Bonchev–Trinajstić information content (AvgIpc) is 1.60. The van der Waals surface area contributed by atoms with Crippen molar-refractivity contribution in [1.82, 2.24) is 0 Å². The summed E-state index contributed by atoms with van der Waals surface area (Å²) >= 11 is 13.9. The molecule has 7 heteroatoms. The maximum Gasteiger partial charge on any atom is 0.0465 e. The van der Waals surface area contributed by atoms with Crippen LogP contribution >= 0.6 is 91.7 Å². The van der Waals surface area contributed by atoms with Gasteiger partial charge in [0.15, 0.2) is 0 Å². The molecular weight excluding hydrogens is 1600 g/mol. The lowest BCUT2D eigenvalue weighted by molar-refractivity contribution is 0.659. The summed E-state index contributed by atoms with van der Waals surface area (Å²) < 4.78 is 3.59. The van der Waals surface area contributed by atoms with Crippen molar-refractivity contribution >= 4 is 142 Å². The lowest BCUT2D eigenvalue weighted by Crippen LogP contribution is -2.16. The minimum atomic E-state index is -0.106. The number of fused-ring (bicyclic) bond motifs is 8. The van der Waals surface area contributed by atoms with Crippen molar-refractivity contribution < 1.29 is 0 Å². The first-order valence-electron chi connectivity index (χ1n) is 31.1. The number of nitrogens with zero attached hydrogens (tertiary/aromatic N) is 1. The molecule has 0 heterocycles. The highest BCUT2D eigenvalue weighted by Gasteiger charge is 2.37. The molecule has 14 aromatic rings. The van der Waals surface area contributed by atoms with Gasteiger partial charge in [0.05, 0.1) is 0 Å². The van der Waals surface area contributed by atoms with Crippen LogP contribution in [0.5, 0.6) is 0 Å². The van der Waals surface area contributed by atoms with E-state index in [1.165, 1.54) is 114 Å². The molecule has 2 aliphatic carbocycles. The normalized spacial score (nSPS) is 12.5. The fourth-order valence-electron chi connectivity index (χ4n) is 13.4. The van der Waals surface area contributed by atoms with Gasteiger partial charge in [-0.25, -0.2) is 0 Å². The standard InChI is InChI=1S/C43H32BrN.C28H21N.C15H12BrI.I2/c1-43(2)41-27-33(44)19-25-39(41)40-26-24-36(28-42(40)43)45(34-20-15-30(16-21-34)29-9-4-3-5-10-29)35-22-17-32(18-23-35)38-14-8-12-31-11-6-7-13-37(31)38;1-2-7-21(8-3-1)22-13-17-25(18-14-22)29-26-19-15-24(16-20-26)28-12-6-10-23-9-4-5-11-27(23)28;1-15(2)13-7-9(16)3-5-11(13)12-6-4-10(17)8-14(12)15;1-2/h3-28H,1-2H3;1-20,29H;3-8H,1-2H3;. The zero-order valence-electron chi connectivity index (χ0n) is 51.9. The largest absolute Gasteiger partial charge is 0.356 e. The van der Waals surface area contributed by atoms with Crippen LogP contribution in [0.15, 0.2) is 324 Å². The zero-order chi connectivity index (χ0) is 64.2. The van der Waals surface area contributed by atoms with E-state index in [9.17, 15) is 0 Å². The van der Waals surface area contributed by atoms with Crippen LogP contribution in [0.4, 0.5) is 28.4 Å². The summed E-state index contributed by atoms with van der Waals surface area (Å²) in [7, 11) is 0. The van der Waals surface area contributed by atoms with Gasteiger partial charge >= 0.3 is 0 Å². The van der Waals surface area contributed by atoms with Gasteiger partial charge in [0.2, 0.25) is 0 Å². The molecule has 0 radical (unpaired) electrons. The molecule has 0 saturated carbocycles. The van der Waals surface area contributed by atoms with Gasteiger partial charge in [-0.1, -0.05) is 278 Å².